The molecule has 0 radical (unpaired) electrons. The lowest BCUT2D eigenvalue weighted by Gasteiger charge is -2.29. The molecule has 0 spiro atoms. The summed E-state index contributed by atoms with van der Waals surface area (Å²) in [4.78, 5) is 20.3. The van der Waals surface area contributed by atoms with Crippen molar-refractivity contribution in [2.45, 2.75) is 12.8 Å². The number of hydrogen-bond donors (Lipinski definition) is 1. The van der Waals surface area contributed by atoms with Crippen LogP contribution in [0.1, 0.15) is 28.4 Å². The van der Waals surface area contributed by atoms with E-state index >= 15 is 0 Å². The van der Waals surface area contributed by atoms with Crippen LogP contribution in [0.15, 0.2) is 53.3 Å². The molecule has 7 heteroatoms. The second-order valence-electron chi connectivity index (χ2n) is 7.34. The number of halogens is 1. The van der Waals surface area contributed by atoms with Crippen molar-refractivity contribution in [3.63, 3.8) is 0 Å². The van der Waals surface area contributed by atoms with E-state index in [4.69, 9.17) is 25.8 Å². The van der Waals surface area contributed by atoms with Gasteiger partial charge in [0.15, 0.2) is 11.5 Å². The summed E-state index contributed by atoms with van der Waals surface area (Å²) in [5.74, 6) is 2.14. The lowest BCUT2D eigenvalue weighted by molar-refractivity contribution is 0.354. The lowest BCUT2D eigenvalue weighted by atomic mass is 9.82. The molecule has 0 amide bonds. The number of benzene rings is 3. The van der Waals surface area contributed by atoms with E-state index < -0.39 is 5.92 Å². The Labute approximate surface area is 183 Å². The molecule has 0 bridgehead atoms. The number of aromatic amines is 1. The van der Waals surface area contributed by atoms with Crippen molar-refractivity contribution in [3.05, 3.63) is 86.4 Å². The van der Waals surface area contributed by atoms with Crippen LogP contribution >= 0.6 is 11.6 Å². The summed E-state index contributed by atoms with van der Waals surface area (Å²) < 4.78 is 17.1. The van der Waals surface area contributed by atoms with Crippen molar-refractivity contribution < 1.29 is 14.2 Å². The van der Waals surface area contributed by atoms with Gasteiger partial charge in [-0.2, -0.15) is 4.98 Å². The van der Waals surface area contributed by atoms with Gasteiger partial charge in [-0.05, 0) is 30.7 Å². The molecule has 1 unspecified atom stereocenters. The number of nitrogens with one attached hydrogen (secondary N) is 1. The Kier molecular flexibility index (Phi) is 4.59. The predicted octanol–water partition coefficient (Wildman–Crippen LogP) is 5.19. The highest BCUT2D eigenvalue weighted by Crippen LogP contribution is 2.50. The van der Waals surface area contributed by atoms with Crippen LogP contribution in [0.25, 0.3) is 10.8 Å². The van der Waals surface area contributed by atoms with E-state index in [0.717, 1.165) is 21.9 Å². The third kappa shape index (κ3) is 3.02. The molecule has 1 aliphatic heterocycles. The number of aromatic nitrogens is 2. The largest absolute Gasteiger partial charge is 0.493 e. The fourth-order valence-corrected chi connectivity index (χ4v) is 4.47. The van der Waals surface area contributed by atoms with Crippen molar-refractivity contribution in [1.29, 1.82) is 0 Å². The number of ether oxygens (including phenoxy) is 3. The summed E-state index contributed by atoms with van der Waals surface area (Å²) in [5, 5.41) is 2.32. The van der Waals surface area contributed by atoms with Gasteiger partial charge in [0.25, 0.3) is 5.56 Å². The fraction of sp³-hybridized carbons (Fsp3) is 0.167. The van der Waals surface area contributed by atoms with Crippen LogP contribution in [0.3, 0.4) is 0 Å². The molecule has 1 aromatic heterocycles. The highest BCUT2D eigenvalue weighted by molar-refractivity contribution is 6.36. The molecule has 31 heavy (non-hydrogen) atoms. The van der Waals surface area contributed by atoms with Crippen molar-refractivity contribution in [2.24, 2.45) is 0 Å². The first-order valence-electron chi connectivity index (χ1n) is 9.73. The number of methoxy groups -OCH3 is 2. The monoisotopic (exact) mass is 434 g/mol. The number of rotatable bonds is 3. The third-order valence-corrected chi connectivity index (χ3v) is 5.86. The molecule has 6 nitrogen and oxygen atoms in total. The SMILES string of the molecule is COc1ccc(C2c3cc(Cl)c4ccccc4c3Oc3nc(C)[nH]c(=O)c32)cc1OC. The van der Waals surface area contributed by atoms with Crippen LogP contribution in [0.2, 0.25) is 5.02 Å². The van der Waals surface area contributed by atoms with E-state index in [0.29, 0.717) is 39.5 Å². The molecule has 2 heterocycles. The molecule has 0 aliphatic carbocycles. The highest BCUT2D eigenvalue weighted by atomic mass is 35.5. The average Bonchev–Trinajstić information content (AvgIpc) is 2.78. The maximum absolute atomic E-state index is 13.0. The van der Waals surface area contributed by atoms with Crippen molar-refractivity contribution in [3.8, 4) is 23.1 Å². The number of hydrogen-bond acceptors (Lipinski definition) is 5. The summed E-state index contributed by atoms with van der Waals surface area (Å²) in [5.41, 5.74) is 1.81. The van der Waals surface area contributed by atoms with Gasteiger partial charge in [-0.1, -0.05) is 41.9 Å². The van der Waals surface area contributed by atoms with Gasteiger partial charge in [-0.25, -0.2) is 0 Å². The summed E-state index contributed by atoms with van der Waals surface area (Å²) in [6.07, 6.45) is 0. The lowest BCUT2D eigenvalue weighted by Crippen LogP contribution is -2.25. The van der Waals surface area contributed by atoms with Crippen LogP contribution in [0.4, 0.5) is 0 Å². The van der Waals surface area contributed by atoms with Crippen LogP contribution in [-0.2, 0) is 0 Å². The molecule has 1 aliphatic rings. The maximum Gasteiger partial charge on any atom is 0.258 e. The Bertz CT molecular complexity index is 1400. The Hall–Kier alpha value is -3.51. The van der Waals surface area contributed by atoms with Crippen LogP contribution in [0.5, 0.6) is 23.1 Å². The summed E-state index contributed by atoms with van der Waals surface area (Å²) in [6, 6.07) is 15.2. The van der Waals surface area contributed by atoms with Gasteiger partial charge in [0, 0.05) is 27.3 Å². The Morgan fingerprint density at radius 2 is 1.77 bits per heavy atom. The Balaban J connectivity index is 1.86. The first-order chi connectivity index (χ1) is 15.0. The summed E-state index contributed by atoms with van der Waals surface area (Å²) in [7, 11) is 3.16. The van der Waals surface area contributed by atoms with Gasteiger partial charge in [0.2, 0.25) is 5.88 Å². The van der Waals surface area contributed by atoms with Crippen LogP contribution < -0.4 is 19.8 Å². The Morgan fingerprint density at radius 3 is 2.52 bits per heavy atom. The standard InChI is InChI=1S/C24H19ClN2O4/c1-12-26-23(28)21-20(13-8-9-18(29-2)19(10-13)30-3)16-11-17(25)14-6-4-5-7-15(14)22(16)31-24(21)27-12/h4-11,20H,1-3H3,(H,26,27,28). The van der Waals surface area contributed by atoms with Crippen molar-refractivity contribution >= 4 is 22.4 Å². The molecular weight excluding hydrogens is 416 g/mol. The zero-order valence-corrected chi connectivity index (χ0v) is 17.9. The van der Waals surface area contributed by atoms with Gasteiger partial charge in [0.05, 0.1) is 19.8 Å². The average molecular weight is 435 g/mol. The van der Waals surface area contributed by atoms with Gasteiger partial charge in [-0.3, -0.25) is 4.79 Å². The minimum Gasteiger partial charge on any atom is -0.493 e. The first kappa shape index (κ1) is 19.5. The molecule has 4 aromatic rings. The quantitative estimate of drug-likeness (QED) is 0.423. The van der Waals surface area contributed by atoms with E-state index in [9.17, 15) is 4.79 Å². The van der Waals surface area contributed by atoms with E-state index in [1.807, 2.05) is 48.5 Å². The van der Waals surface area contributed by atoms with Crippen LogP contribution in [0, 0.1) is 6.92 Å². The number of H-pyrrole nitrogens is 1. The molecule has 0 saturated carbocycles. The maximum atomic E-state index is 13.0. The van der Waals surface area contributed by atoms with Crippen LogP contribution in [-0.4, -0.2) is 24.2 Å². The highest BCUT2D eigenvalue weighted by Gasteiger charge is 2.35. The van der Waals surface area contributed by atoms with Gasteiger partial charge < -0.3 is 19.2 Å². The third-order valence-electron chi connectivity index (χ3n) is 5.55. The van der Waals surface area contributed by atoms with E-state index in [-0.39, 0.29) is 5.56 Å². The van der Waals surface area contributed by atoms with E-state index in [2.05, 4.69) is 9.97 Å². The second kappa shape index (κ2) is 7.32. The number of nitrogens with zero attached hydrogens (tertiary/aromatic N) is 1. The molecule has 5 rings (SSSR count). The minimum absolute atomic E-state index is 0.253. The Morgan fingerprint density at radius 1 is 1.03 bits per heavy atom. The smallest absolute Gasteiger partial charge is 0.258 e. The second-order valence-corrected chi connectivity index (χ2v) is 7.75. The summed E-state index contributed by atoms with van der Waals surface area (Å²) in [6.45, 7) is 1.73. The molecule has 0 fully saturated rings. The molecule has 1 N–H and O–H groups in total. The number of aryl methyl sites for hydroxylation is 1. The molecular formula is C24H19ClN2O4. The zero-order chi connectivity index (χ0) is 21.7. The van der Waals surface area contributed by atoms with Crippen molar-refractivity contribution in [1.82, 2.24) is 9.97 Å². The fourth-order valence-electron chi connectivity index (χ4n) is 4.19. The topological polar surface area (TPSA) is 73.4 Å². The zero-order valence-electron chi connectivity index (χ0n) is 17.2. The number of fused-ring (bicyclic) bond motifs is 4. The van der Waals surface area contributed by atoms with Gasteiger partial charge >= 0.3 is 0 Å². The predicted molar refractivity (Wildman–Crippen MR) is 119 cm³/mol. The van der Waals surface area contributed by atoms with Gasteiger partial charge in [-0.15, -0.1) is 0 Å². The minimum atomic E-state index is -0.447. The molecule has 3 aromatic carbocycles. The summed E-state index contributed by atoms with van der Waals surface area (Å²) >= 11 is 6.64. The normalized spacial score (nSPS) is 14.5. The molecule has 156 valence electrons. The first-order valence-corrected chi connectivity index (χ1v) is 10.1. The van der Waals surface area contributed by atoms with E-state index in [1.54, 1.807) is 21.1 Å². The van der Waals surface area contributed by atoms with Gasteiger partial charge in [0.1, 0.15) is 11.6 Å². The van der Waals surface area contributed by atoms with E-state index in [1.165, 1.54) is 0 Å². The molecule has 1 atom stereocenters. The van der Waals surface area contributed by atoms with Crippen molar-refractivity contribution in [2.75, 3.05) is 14.2 Å². The molecule has 0 saturated heterocycles.